The first-order valence-corrected chi connectivity index (χ1v) is 7.44. The summed E-state index contributed by atoms with van der Waals surface area (Å²) in [4.78, 5) is 17.9. The molecule has 0 spiro atoms. The van der Waals surface area contributed by atoms with Crippen LogP contribution in [0.25, 0.3) is 11.3 Å². The largest absolute Gasteiger partial charge is 0.481 e. The Hall–Kier alpha value is -2.56. The van der Waals surface area contributed by atoms with E-state index in [1.165, 1.54) is 0 Å². The van der Waals surface area contributed by atoms with Crippen molar-refractivity contribution in [2.45, 2.75) is 12.8 Å². The second-order valence-corrected chi connectivity index (χ2v) is 5.63. The molecule has 0 bridgehead atoms. The van der Waals surface area contributed by atoms with Crippen molar-refractivity contribution in [1.82, 2.24) is 4.98 Å². The predicted molar refractivity (Wildman–Crippen MR) is 86.7 cm³/mol. The highest BCUT2D eigenvalue weighted by molar-refractivity contribution is 5.71. The molecule has 1 aromatic carbocycles. The van der Waals surface area contributed by atoms with Gasteiger partial charge in [0.25, 0.3) is 0 Å². The van der Waals surface area contributed by atoms with Gasteiger partial charge in [-0.2, -0.15) is 0 Å². The molecule has 1 aliphatic rings. The minimum Gasteiger partial charge on any atom is -0.481 e. The van der Waals surface area contributed by atoms with Gasteiger partial charge in [-0.25, -0.2) is 4.98 Å². The van der Waals surface area contributed by atoms with E-state index in [-0.39, 0.29) is 5.92 Å². The van der Waals surface area contributed by atoms with Crippen LogP contribution in [0.15, 0.2) is 42.5 Å². The molecule has 1 aliphatic heterocycles. The summed E-state index contributed by atoms with van der Waals surface area (Å²) in [6.45, 7) is 1.36. The summed E-state index contributed by atoms with van der Waals surface area (Å²) in [6, 6.07) is 13.4. The minimum atomic E-state index is -0.725. The van der Waals surface area contributed by atoms with Gasteiger partial charge in [0.05, 0.1) is 11.6 Å². The molecule has 1 saturated heterocycles. The van der Waals surface area contributed by atoms with Crippen molar-refractivity contribution in [2.24, 2.45) is 5.92 Å². The first-order valence-electron chi connectivity index (χ1n) is 7.44. The van der Waals surface area contributed by atoms with E-state index in [1.54, 1.807) is 0 Å². The molecule has 2 aromatic rings. The number of anilines is 2. The fourth-order valence-electron chi connectivity index (χ4n) is 2.84. The molecule has 3 rings (SSSR count). The van der Waals surface area contributed by atoms with Crippen LogP contribution in [-0.2, 0) is 4.79 Å². The van der Waals surface area contributed by atoms with E-state index >= 15 is 0 Å². The number of hydrogen-bond acceptors (Lipinski definition) is 4. The minimum absolute atomic E-state index is 0.313. The summed E-state index contributed by atoms with van der Waals surface area (Å²) in [5.41, 5.74) is 8.34. The van der Waals surface area contributed by atoms with Gasteiger partial charge >= 0.3 is 5.97 Å². The molecule has 2 heterocycles. The number of rotatable bonds is 3. The highest BCUT2D eigenvalue weighted by Crippen LogP contribution is 2.25. The molecule has 1 aromatic heterocycles. The van der Waals surface area contributed by atoms with Crippen molar-refractivity contribution in [3.8, 4) is 11.3 Å². The molecule has 5 heteroatoms. The standard InChI is InChI=1S/C17H19N3O2/c18-14-6-1-4-12(10-14)15-7-2-8-16(19-15)20-9-3-5-13(11-20)17(21)22/h1-2,4,6-8,10,13H,3,5,9,11,18H2,(H,21,22). The molecule has 1 unspecified atom stereocenters. The molecule has 3 N–H and O–H groups in total. The Kier molecular flexibility index (Phi) is 3.96. The van der Waals surface area contributed by atoms with Crippen molar-refractivity contribution in [1.29, 1.82) is 0 Å². The molecule has 22 heavy (non-hydrogen) atoms. The maximum Gasteiger partial charge on any atom is 0.308 e. The van der Waals surface area contributed by atoms with Crippen LogP contribution in [0.5, 0.6) is 0 Å². The SMILES string of the molecule is Nc1cccc(-c2cccc(N3CCCC(C(=O)O)C3)n2)c1. The lowest BCUT2D eigenvalue weighted by molar-refractivity contribution is -0.141. The number of nitrogen functional groups attached to an aromatic ring is 1. The zero-order valence-electron chi connectivity index (χ0n) is 12.3. The van der Waals surface area contributed by atoms with E-state index in [1.807, 2.05) is 42.5 Å². The second-order valence-electron chi connectivity index (χ2n) is 5.63. The van der Waals surface area contributed by atoms with E-state index < -0.39 is 5.97 Å². The van der Waals surface area contributed by atoms with Crippen LogP contribution in [0.4, 0.5) is 11.5 Å². The monoisotopic (exact) mass is 297 g/mol. The van der Waals surface area contributed by atoms with Gasteiger partial charge in [-0.3, -0.25) is 4.79 Å². The fourth-order valence-corrected chi connectivity index (χ4v) is 2.84. The highest BCUT2D eigenvalue weighted by atomic mass is 16.4. The number of piperidine rings is 1. The number of nitrogens with zero attached hydrogens (tertiary/aromatic N) is 2. The Morgan fingerprint density at radius 2 is 2.09 bits per heavy atom. The van der Waals surface area contributed by atoms with Gasteiger partial charge in [-0.05, 0) is 37.1 Å². The summed E-state index contributed by atoms with van der Waals surface area (Å²) in [6.07, 6.45) is 1.61. The lowest BCUT2D eigenvalue weighted by Gasteiger charge is -2.31. The molecule has 0 amide bonds. The van der Waals surface area contributed by atoms with Crippen LogP contribution >= 0.6 is 0 Å². The van der Waals surface area contributed by atoms with Crippen molar-refractivity contribution in [2.75, 3.05) is 23.7 Å². The third-order valence-corrected chi connectivity index (χ3v) is 4.01. The summed E-state index contributed by atoms with van der Waals surface area (Å²) >= 11 is 0. The van der Waals surface area contributed by atoms with Gasteiger partial charge in [0.15, 0.2) is 0 Å². The number of benzene rings is 1. The Morgan fingerprint density at radius 3 is 2.86 bits per heavy atom. The number of carbonyl (C=O) groups is 1. The first-order chi connectivity index (χ1) is 10.6. The number of hydrogen-bond donors (Lipinski definition) is 2. The average molecular weight is 297 g/mol. The molecule has 1 fully saturated rings. The van der Waals surface area contributed by atoms with Crippen LogP contribution in [0.3, 0.4) is 0 Å². The maximum absolute atomic E-state index is 11.2. The van der Waals surface area contributed by atoms with Gasteiger partial charge in [0.1, 0.15) is 5.82 Å². The molecule has 0 aliphatic carbocycles. The molecule has 5 nitrogen and oxygen atoms in total. The van der Waals surface area contributed by atoms with Crippen LogP contribution in [0, 0.1) is 5.92 Å². The Morgan fingerprint density at radius 1 is 1.27 bits per heavy atom. The van der Waals surface area contributed by atoms with Crippen molar-refractivity contribution >= 4 is 17.5 Å². The van der Waals surface area contributed by atoms with Gasteiger partial charge in [-0.15, -0.1) is 0 Å². The number of carboxylic acid groups (broad SMARTS) is 1. The van der Waals surface area contributed by atoms with Gasteiger partial charge in [-0.1, -0.05) is 18.2 Å². The summed E-state index contributed by atoms with van der Waals surface area (Å²) in [7, 11) is 0. The number of aromatic nitrogens is 1. The number of carboxylic acids is 1. The third-order valence-electron chi connectivity index (χ3n) is 4.01. The van der Waals surface area contributed by atoms with Gasteiger partial charge in [0, 0.05) is 24.3 Å². The smallest absolute Gasteiger partial charge is 0.308 e. The van der Waals surface area contributed by atoms with Crippen LogP contribution in [0.2, 0.25) is 0 Å². The fraction of sp³-hybridized carbons (Fsp3) is 0.294. The lowest BCUT2D eigenvalue weighted by atomic mass is 9.98. The zero-order chi connectivity index (χ0) is 15.5. The van der Waals surface area contributed by atoms with E-state index in [4.69, 9.17) is 5.73 Å². The topological polar surface area (TPSA) is 79.5 Å². The first kappa shape index (κ1) is 14.4. The van der Waals surface area contributed by atoms with E-state index in [0.29, 0.717) is 12.2 Å². The Labute approximate surface area is 129 Å². The quantitative estimate of drug-likeness (QED) is 0.851. The van der Waals surface area contributed by atoms with Crippen molar-refractivity contribution < 1.29 is 9.90 Å². The van der Waals surface area contributed by atoms with Crippen LogP contribution in [0.1, 0.15) is 12.8 Å². The zero-order valence-corrected chi connectivity index (χ0v) is 12.3. The third kappa shape index (κ3) is 3.03. The lowest BCUT2D eigenvalue weighted by Crippen LogP contribution is -2.39. The maximum atomic E-state index is 11.2. The summed E-state index contributed by atoms with van der Waals surface area (Å²) in [5.74, 6) is -0.214. The number of nitrogens with two attached hydrogens (primary N) is 1. The Balaban J connectivity index is 1.86. The molecular weight excluding hydrogens is 278 g/mol. The summed E-state index contributed by atoms with van der Waals surface area (Å²) in [5, 5.41) is 9.21. The van der Waals surface area contributed by atoms with E-state index in [2.05, 4.69) is 9.88 Å². The Bertz CT molecular complexity index is 687. The normalized spacial score (nSPS) is 18.2. The number of pyridine rings is 1. The van der Waals surface area contributed by atoms with Crippen LogP contribution in [-0.4, -0.2) is 29.1 Å². The van der Waals surface area contributed by atoms with Gasteiger partial charge in [0.2, 0.25) is 0 Å². The number of aliphatic carboxylic acids is 1. The molecule has 0 saturated carbocycles. The molecule has 0 radical (unpaired) electrons. The van der Waals surface area contributed by atoms with Gasteiger partial charge < -0.3 is 15.7 Å². The molecular formula is C17H19N3O2. The highest BCUT2D eigenvalue weighted by Gasteiger charge is 2.26. The molecule has 114 valence electrons. The predicted octanol–water partition coefficient (Wildman–Crippen LogP) is 2.63. The van der Waals surface area contributed by atoms with Crippen molar-refractivity contribution in [3.63, 3.8) is 0 Å². The van der Waals surface area contributed by atoms with Crippen LogP contribution < -0.4 is 10.6 Å². The van der Waals surface area contributed by atoms with E-state index in [9.17, 15) is 9.90 Å². The second kappa shape index (κ2) is 6.05. The van der Waals surface area contributed by atoms with Crippen molar-refractivity contribution in [3.05, 3.63) is 42.5 Å². The average Bonchev–Trinajstić information content (AvgIpc) is 2.55. The molecule has 1 atom stereocenters. The summed E-state index contributed by atoms with van der Waals surface area (Å²) < 4.78 is 0. The van der Waals surface area contributed by atoms with E-state index in [0.717, 1.165) is 36.5 Å².